The summed E-state index contributed by atoms with van der Waals surface area (Å²) in [7, 11) is 0. The SMILES string of the molecule is CCC#CCC1(CC#CCC)C[C@@H]1C. The van der Waals surface area contributed by atoms with Gasteiger partial charge in [0.1, 0.15) is 0 Å². The van der Waals surface area contributed by atoms with Crippen LogP contribution in [0.15, 0.2) is 0 Å². The van der Waals surface area contributed by atoms with Gasteiger partial charge in [0, 0.05) is 25.7 Å². The minimum Gasteiger partial charge on any atom is -0.104 e. The van der Waals surface area contributed by atoms with Crippen LogP contribution in [0.2, 0.25) is 0 Å². The topological polar surface area (TPSA) is 0 Å². The van der Waals surface area contributed by atoms with Crippen LogP contribution >= 0.6 is 0 Å². The summed E-state index contributed by atoms with van der Waals surface area (Å²) in [5.41, 5.74) is 0.463. The Balaban J connectivity index is 2.43. The van der Waals surface area contributed by atoms with Crippen LogP contribution < -0.4 is 0 Å². The van der Waals surface area contributed by atoms with Crippen LogP contribution in [0.5, 0.6) is 0 Å². The van der Waals surface area contributed by atoms with Gasteiger partial charge in [-0.1, -0.05) is 20.8 Å². The molecule has 76 valence electrons. The molecule has 1 aliphatic rings. The molecule has 0 saturated heterocycles. The molecule has 14 heavy (non-hydrogen) atoms. The molecule has 0 aromatic heterocycles. The van der Waals surface area contributed by atoms with Gasteiger partial charge in [-0.3, -0.25) is 0 Å². The highest BCUT2D eigenvalue weighted by Gasteiger charge is 2.49. The average molecular weight is 188 g/mol. The van der Waals surface area contributed by atoms with Crippen LogP contribution in [-0.4, -0.2) is 0 Å². The van der Waals surface area contributed by atoms with Crippen molar-refractivity contribution in [2.75, 3.05) is 0 Å². The van der Waals surface area contributed by atoms with E-state index in [-0.39, 0.29) is 0 Å². The van der Waals surface area contributed by atoms with Gasteiger partial charge in [-0.15, -0.1) is 23.7 Å². The Kier molecular flexibility index (Phi) is 4.09. The van der Waals surface area contributed by atoms with Crippen molar-refractivity contribution in [3.05, 3.63) is 0 Å². The zero-order valence-electron chi connectivity index (χ0n) is 9.61. The summed E-state index contributed by atoms with van der Waals surface area (Å²) < 4.78 is 0. The van der Waals surface area contributed by atoms with Gasteiger partial charge in [-0.05, 0) is 17.8 Å². The minimum absolute atomic E-state index is 0.463. The summed E-state index contributed by atoms with van der Waals surface area (Å²) >= 11 is 0. The van der Waals surface area contributed by atoms with Crippen molar-refractivity contribution in [3.8, 4) is 23.7 Å². The van der Waals surface area contributed by atoms with E-state index in [9.17, 15) is 0 Å². The highest BCUT2D eigenvalue weighted by atomic mass is 14.5. The van der Waals surface area contributed by atoms with Gasteiger partial charge in [0.15, 0.2) is 0 Å². The van der Waals surface area contributed by atoms with Crippen molar-refractivity contribution >= 4 is 0 Å². The maximum absolute atomic E-state index is 3.28. The Bertz CT molecular complexity index is 265. The van der Waals surface area contributed by atoms with Crippen molar-refractivity contribution in [3.63, 3.8) is 0 Å². The molecule has 1 fully saturated rings. The quantitative estimate of drug-likeness (QED) is 0.581. The molecule has 0 amide bonds. The van der Waals surface area contributed by atoms with Gasteiger partial charge in [0.05, 0.1) is 0 Å². The normalized spacial score (nSPS) is 21.5. The zero-order chi connectivity index (χ0) is 10.4. The number of hydrogen-bond donors (Lipinski definition) is 0. The second kappa shape index (κ2) is 5.11. The third kappa shape index (κ3) is 2.81. The van der Waals surface area contributed by atoms with Crippen LogP contribution in [0.25, 0.3) is 0 Å². The lowest BCUT2D eigenvalue weighted by molar-refractivity contribution is 0.495. The van der Waals surface area contributed by atoms with Crippen molar-refractivity contribution in [1.29, 1.82) is 0 Å². The number of rotatable bonds is 2. The first-order chi connectivity index (χ1) is 6.75. The molecular formula is C14H20. The Morgan fingerprint density at radius 3 is 1.71 bits per heavy atom. The van der Waals surface area contributed by atoms with E-state index in [0.717, 1.165) is 31.6 Å². The first kappa shape index (κ1) is 11.2. The summed E-state index contributed by atoms with van der Waals surface area (Å²) in [4.78, 5) is 0. The van der Waals surface area contributed by atoms with Gasteiger partial charge in [0.25, 0.3) is 0 Å². The fraction of sp³-hybridized carbons (Fsp3) is 0.714. The Morgan fingerprint density at radius 2 is 1.43 bits per heavy atom. The Morgan fingerprint density at radius 1 is 1.00 bits per heavy atom. The highest BCUT2D eigenvalue weighted by Crippen LogP contribution is 2.57. The summed E-state index contributed by atoms with van der Waals surface area (Å²) in [6.45, 7) is 6.53. The largest absolute Gasteiger partial charge is 0.104 e. The predicted molar refractivity (Wildman–Crippen MR) is 61.6 cm³/mol. The predicted octanol–water partition coefficient (Wildman–Crippen LogP) is 3.62. The maximum atomic E-state index is 3.28. The lowest BCUT2D eigenvalue weighted by Gasteiger charge is -2.07. The molecule has 1 saturated carbocycles. The molecule has 0 heterocycles. The fourth-order valence-corrected chi connectivity index (χ4v) is 1.83. The molecule has 0 unspecified atom stereocenters. The molecule has 0 aliphatic heterocycles. The molecule has 1 aliphatic carbocycles. The van der Waals surface area contributed by atoms with E-state index in [1.807, 2.05) is 0 Å². The summed E-state index contributed by atoms with van der Waals surface area (Å²) in [5.74, 6) is 13.7. The lowest BCUT2D eigenvalue weighted by Crippen LogP contribution is -2.00. The standard InChI is InChI=1S/C14H20/c1-4-6-8-10-14(12-13(14)3)11-9-7-5-2/h13H,4-5,10-12H2,1-3H3/t13-/m0/s1. The molecular weight excluding hydrogens is 168 g/mol. The first-order valence-corrected chi connectivity index (χ1v) is 5.66. The van der Waals surface area contributed by atoms with Crippen LogP contribution in [0.4, 0.5) is 0 Å². The summed E-state index contributed by atoms with van der Waals surface area (Å²) in [5, 5.41) is 0. The third-order valence-corrected chi connectivity index (χ3v) is 3.08. The van der Waals surface area contributed by atoms with E-state index < -0.39 is 0 Å². The monoisotopic (exact) mass is 188 g/mol. The van der Waals surface area contributed by atoms with Gasteiger partial charge < -0.3 is 0 Å². The molecule has 0 bridgehead atoms. The average Bonchev–Trinajstić information content (AvgIpc) is 2.78. The molecule has 0 radical (unpaired) electrons. The Hall–Kier alpha value is -0.880. The van der Waals surface area contributed by atoms with Crippen LogP contribution in [-0.2, 0) is 0 Å². The molecule has 1 atom stereocenters. The molecule has 0 N–H and O–H groups in total. The smallest absolute Gasteiger partial charge is 0.0157 e. The summed E-state index contributed by atoms with van der Waals surface area (Å²) in [6.07, 6.45) is 5.39. The third-order valence-electron chi connectivity index (χ3n) is 3.08. The Labute approximate surface area is 88.5 Å². The number of hydrogen-bond acceptors (Lipinski definition) is 0. The minimum atomic E-state index is 0.463. The van der Waals surface area contributed by atoms with E-state index in [1.54, 1.807) is 0 Å². The summed E-state index contributed by atoms with van der Waals surface area (Å²) in [6, 6.07) is 0. The van der Waals surface area contributed by atoms with Crippen molar-refractivity contribution in [2.45, 2.75) is 52.9 Å². The van der Waals surface area contributed by atoms with Crippen molar-refractivity contribution < 1.29 is 0 Å². The van der Waals surface area contributed by atoms with Crippen LogP contribution in [0.1, 0.15) is 52.9 Å². The van der Waals surface area contributed by atoms with E-state index in [1.165, 1.54) is 6.42 Å². The molecule has 0 aromatic rings. The highest BCUT2D eigenvalue weighted by molar-refractivity contribution is 5.15. The maximum Gasteiger partial charge on any atom is 0.0157 e. The fourth-order valence-electron chi connectivity index (χ4n) is 1.83. The van der Waals surface area contributed by atoms with E-state index >= 15 is 0 Å². The van der Waals surface area contributed by atoms with Gasteiger partial charge >= 0.3 is 0 Å². The van der Waals surface area contributed by atoms with Gasteiger partial charge in [-0.25, -0.2) is 0 Å². The van der Waals surface area contributed by atoms with E-state index in [2.05, 4.69) is 44.5 Å². The second-order valence-corrected chi connectivity index (χ2v) is 4.24. The second-order valence-electron chi connectivity index (χ2n) is 4.24. The van der Waals surface area contributed by atoms with Crippen molar-refractivity contribution in [2.24, 2.45) is 11.3 Å². The van der Waals surface area contributed by atoms with E-state index in [4.69, 9.17) is 0 Å². The molecule has 0 nitrogen and oxygen atoms in total. The zero-order valence-corrected chi connectivity index (χ0v) is 9.61. The van der Waals surface area contributed by atoms with Gasteiger partial charge in [-0.2, -0.15) is 0 Å². The molecule has 0 spiro atoms. The molecule has 1 rings (SSSR count). The molecule has 0 aromatic carbocycles. The van der Waals surface area contributed by atoms with Crippen LogP contribution in [0, 0.1) is 35.0 Å². The molecule has 0 heteroatoms. The lowest BCUT2D eigenvalue weighted by atomic mass is 9.96. The van der Waals surface area contributed by atoms with E-state index in [0.29, 0.717) is 5.41 Å². The van der Waals surface area contributed by atoms with Crippen molar-refractivity contribution in [1.82, 2.24) is 0 Å². The first-order valence-electron chi connectivity index (χ1n) is 5.66. The van der Waals surface area contributed by atoms with Crippen LogP contribution in [0.3, 0.4) is 0 Å². The van der Waals surface area contributed by atoms with Gasteiger partial charge in [0.2, 0.25) is 0 Å².